The van der Waals surface area contributed by atoms with Crippen molar-refractivity contribution in [1.29, 1.82) is 0 Å². The first kappa shape index (κ1) is 13.3. The minimum Gasteiger partial charge on any atom is -0.393 e. The van der Waals surface area contributed by atoms with Crippen LogP contribution >= 0.6 is 33.8 Å². The van der Waals surface area contributed by atoms with Gasteiger partial charge in [0.2, 0.25) is 6.41 Å². The van der Waals surface area contributed by atoms with Crippen LogP contribution in [0.2, 0.25) is 0 Å². The van der Waals surface area contributed by atoms with E-state index < -0.39 is 0 Å². The van der Waals surface area contributed by atoms with Crippen molar-refractivity contribution >= 4 is 50.9 Å². The van der Waals surface area contributed by atoms with E-state index in [2.05, 4.69) is 5.32 Å². The summed E-state index contributed by atoms with van der Waals surface area (Å²) < 4.78 is 0. The van der Waals surface area contributed by atoms with Gasteiger partial charge in [-0.3, -0.25) is 4.79 Å². The maximum absolute atomic E-state index is 10.2. The van der Waals surface area contributed by atoms with Crippen molar-refractivity contribution in [3.63, 3.8) is 0 Å². The van der Waals surface area contributed by atoms with E-state index in [1.807, 2.05) is 24.3 Å². The lowest BCUT2D eigenvalue weighted by Gasteiger charge is -2.02. The first-order valence-corrected chi connectivity index (χ1v) is 7.33. The number of anilines is 1. The van der Waals surface area contributed by atoms with Crippen LogP contribution in [0, 0.1) is 0 Å². The lowest BCUT2D eigenvalue weighted by molar-refractivity contribution is -0.105. The minimum atomic E-state index is 0.554. The summed E-state index contributed by atoms with van der Waals surface area (Å²) in [6, 6.07) is 7.66. The Labute approximate surface area is 108 Å². The average Bonchev–Trinajstić information content (AvgIpc) is 2.27. The van der Waals surface area contributed by atoms with E-state index in [0.717, 1.165) is 22.8 Å². The largest absolute Gasteiger partial charge is 0.393 e. The molecule has 16 heavy (non-hydrogen) atoms. The highest BCUT2D eigenvalue weighted by Crippen LogP contribution is 2.31. The molecule has 1 aromatic carbocycles. The Morgan fingerprint density at radius 3 is 2.69 bits per heavy atom. The topological polar surface area (TPSA) is 55.1 Å². The fourth-order valence-electron chi connectivity index (χ4n) is 0.927. The van der Waals surface area contributed by atoms with Crippen LogP contribution in [-0.2, 0) is 4.79 Å². The van der Waals surface area contributed by atoms with Crippen LogP contribution in [0.5, 0.6) is 0 Å². The number of rotatable bonds is 7. The summed E-state index contributed by atoms with van der Waals surface area (Å²) in [5.74, 6) is 0.911. The van der Waals surface area contributed by atoms with Crippen molar-refractivity contribution < 1.29 is 4.79 Å². The number of carbonyl (C=O) groups excluding carboxylic acids is 1. The monoisotopic (exact) mass is 272 g/mol. The standard InChI is InChI=1S/C10H12N2OS3/c11-10(14)5-6-15-16-9-3-1-8(2-4-9)12-7-13/h1-4,7H,5-6H2,(H2,11,14)(H,12,13). The van der Waals surface area contributed by atoms with Gasteiger partial charge < -0.3 is 11.1 Å². The number of nitrogens with two attached hydrogens (primary N) is 1. The summed E-state index contributed by atoms with van der Waals surface area (Å²) in [4.78, 5) is 11.9. The third-order valence-corrected chi connectivity index (χ3v) is 4.26. The highest BCUT2D eigenvalue weighted by atomic mass is 33.1. The van der Waals surface area contributed by atoms with Gasteiger partial charge in [0.05, 0.1) is 4.99 Å². The van der Waals surface area contributed by atoms with Gasteiger partial charge in [0.15, 0.2) is 0 Å². The number of hydrogen-bond donors (Lipinski definition) is 2. The summed E-state index contributed by atoms with van der Waals surface area (Å²) >= 11 is 4.79. The van der Waals surface area contributed by atoms with Gasteiger partial charge in [-0.2, -0.15) is 0 Å². The van der Waals surface area contributed by atoms with E-state index in [1.165, 1.54) is 0 Å². The third-order valence-electron chi connectivity index (χ3n) is 1.67. The van der Waals surface area contributed by atoms with Crippen LogP contribution < -0.4 is 11.1 Å². The summed E-state index contributed by atoms with van der Waals surface area (Å²) in [6.45, 7) is 0. The van der Waals surface area contributed by atoms with Gasteiger partial charge in [-0.15, -0.1) is 0 Å². The molecular formula is C10H12N2OS3. The molecule has 0 aliphatic rings. The van der Waals surface area contributed by atoms with Crippen LogP contribution in [-0.4, -0.2) is 17.2 Å². The van der Waals surface area contributed by atoms with Crippen molar-refractivity contribution in [2.45, 2.75) is 11.3 Å². The highest BCUT2D eigenvalue weighted by Gasteiger charge is 1.96. The van der Waals surface area contributed by atoms with Crippen LogP contribution in [0.15, 0.2) is 29.2 Å². The zero-order chi connectivity index (χ0) is 11.8. The van der Waals surface area contributed by atoms with Gasteiger partial charge in [0.25, 0.3) is 0 Å². The Morgan fingerprint density at radius 1 is 1.44 bits per heavy atom. The highest BCUT2D eigenvalue weighted by molar-refractivity contribution is 8.76. The molecule has 0 unspecified atom stereocenters. The zero-order valence-electron chi connectivity index (χ0n) is 8.51. The number of nitrogens with one attached hydrogen (secondary N) is 1. The molecule has 86 valence electrons. The molecule has 1 aromatic rings. The molecule has 1 amide bonds. The van der Waals surface area contributed by atoms with E-state index in [4.69, 9.17) is 18.0 Å². The third kappa shape index (κ3) is 5.39. The van der Waals surface area contributed by atoms with Gasteiger partial charge in [0.1, 0.15) is 0 Å². The number of hydrogen-bond acceptors (Lipinski definition) is 4. The average molecular weight is 272 g/mol. The van der Waals surface area contributed by atoms with Crippen LogP contribution in [0.25, 0.3) is 0 Å². The molecule has 3 N–H and O–H groups in total. The first-order chi connectivity index (χ1) is 7.72. The first-order valence-electron chi connectivity index (χ1n) is 4.60. The molecule has 6 heteroatoms. The van der Waals surface area contributed by atoms with Crippen molar-refractivity contribution in [1.82, 2.24) is 0 Å². The second-order valence-electron chi connectivity index (χ2n) is 2.91. The Kier molecular flexibility index (Phi) is 6.29. The van der Waals surface area contributed by atoms with Crippen molar-refractivity contribution in [2.75, 3.05) is 11.1 Å². The van der Waals surface area contributed by atoms with E-state index >= 15 is 0 Å². The smallest absolute Gasteiger partial charge is 0.211 e. The van der Waals surface area contributed by atoms with Crippen molar-refractivity contribution in [3.05, 3.63) is 24.3 Å². The second-order valence-corrected chi connectivity index (χ2v) is 5.92. The maximum Gasteiger partial charge on any atom is 0.211 e. The van der Waals surface area contributed by atoms with Crippen LogP contribution in [0.3, 0.4) is 0 Å². The predicted octanol–water partition coefficient (Wildman–Crippen LogP) is 2.67. The molecule has 3 nitrogen and oxygen atoms in total. The van der Waals surface area contributed by atoms with E-state index in [0.29, 0.717) is 11.4 Å². The van der Waals surface area contributed by atoms with E-state index in [-0.39, 0.29) is 0 Å². The fraction of sp³-hybridized carbons (Fsp3) is 0.200. The molecule has 0 spiro atoms. The second kappa shape index (κ2) is 7.54. The lowest BCUT2D eigenvalue weighted by atomic mass is 10.3. The number of benzene rings is 1. The Morgan fingerprint density at radius 2 is 2.12 bits per heavy atom. The minimum absolute atomic E-state index is 0.554. The summed E-state index contributed by atoms with van der Waals surface area (Å²) in [5, 5.41) is 2.59. The maximum atomic E-state index is 10.2. The van der Waals surface area contributed by atoms with Gasteiger partial charge >= 0.3 is 0 Å². The Balaban J connectivity index is 2.31. The zero-order valence-corrected chi connectivity index (χ0v) is 11.0. The van der Waals surface area contributed by atoms with Gasteiger partial charge in [-0.1, -0.05) is 33.8 Å². The lowest BCUT2D eigenvalue weighted by Crippen LogP contribution is -2.07. The normalized spacial score (nSPS) is 9.75. The Hall–Kier alpha value is -0.720. The van der Waals surface area contributed by atoms with Crippen molar-refractivity contribution in [2.24, 2.45) is 5.73 Å². The number of thiocarbonyl (C=S) groups is 1. The van der Waals surface area contributed by atoms with Crippen LogP contribution in [0.4, 0.5) is 5.69 Å². The van der Waals surface area contributed by atoms with E-state index in [1.54, 1.807) is 21.6 Å². The fourth-order valence-corrected chi connectivity index (χ4v) is 3.17. The molecule has 0 atom stereocenters. The molecule has 0 saturated carbocycles. The van der Waals surface area contributed by atoms with Crippen LogP contribution in [0.1, 0.15) is 6.42 Å². The molecule has 1 rings (SSSR count). The SMILES string of the molecule is NC(=S)CCSSc1ccc(NC=O)cc1. The molecule has 0 fully saturated rings. The van der Waals surface area contributed by atoms with Gasteiger partial charge in [-0.25, -0.2) is 0 Å². The summed E-state index contributed by atoms with van der Waals surface area (Å²) in [6.07, 6.45) is 1.43. The molecule has 0 radical (unpaired) electrons. The molecular weight excluding hydrogens is 260 g/mol. The molecule has 0 saturated heterocycles. The Bertz CT molecular complexity index is 354. The van der Waals surface area contributed by atoms with E-state index in [9.17, 15) is 4.79 Å². The molecule has 0 aromatic heterocycles. The predicted molar refractivity (Wildman–Crippen MR) is 75.8 cm³/mol. The molecule has 0 aliphatic carbocycles. The van der Waals surface area contributed by atoms with Crippen molar-refractivity contribution in [3.8, 4) is 0 Å². The van der Waals surface area contributed by atoms with Gasteiger partial charge in [-0.05, 0) is 24.3 Å². The molecule has 0 heterocycles. The van der Waals surface area contributed by atoms with Gasteiger partial charge in [0, 0.05) is 22.8 Å². The quantitative estimate of drug-likeness (QED) is 0.346. The number of carbonyl (C=O) groups is 1. The number of amides is 1. The molecule has 0 bridgehead atoms. The summed E-state index contributed by atoms with van der Waals surface area (Å²) in [5.41, 5.74) is 6.19. The summed E-state index contributed by atoms with van der Waals surface area (Å²) in [7, 11) is 3.39. The molecule has 0 aliphatic heterocycles.